The molecule has 57 heavy (non-hydrogen) atoms. The molecule has 7 aromatic rings. The summed E-state index contributed by atoms with van der Waals surface area (Å²) in [6.45, 7) is 18.5. The summed E-state index contributed by atoms with van der Waals surface area (Å²) < 4.78 is 0. The number of hydrogen-bond donors (Lipinski definition) is 0. The number of para-hydroxylation sites is 4. The van der Waals surface area contributed by atoms with E-state index in [0.717, 1.165) is 28.4 Å². The van der Waals surface area contributed by atoms with Crippen LogP contribution in [0.4, 0.5) is 22.7 Å². The Kier molecular flexibility index (Phi) is 10.5. The molecule has 1 radical (unpaired) electrons. The van der Waals surface area contributed by atoms with Crippen LogP contribution in [-0.4, -0.2) is 15.0 Å². The van der Waals surface area contributed by atoms with Gasteiger partial charge < -0.3 is 9.80 Å². The van der Waals surface area contributed by atoms with Gasteiger partial charge in [0.25, 0.3) is 0 Å². The molecule has 0 spiro atoms. The number of hydrogen-bond acceptors (Lipinski definition) is 5. The summed E-state index contributed by atoms with van der Waals surface area (Å²) in [7, 11) is 0. The smallest absolute Gasteiger partial charge is 0.196 e. The van der Waals surface area contributed by atoms with Crippen molar-refractivity contribution in [1.82, 2.24) is 15.0 Å². The highest BCUT2D eigenvalue weighted by Gasteiger charge is 2.44. The highest BCUT2D eigenvalue weighted by molar-refractivity contribution is 5.96. The van der Waals surface area contributed by atoms with Gasteiger partial charge in [-0.3, -0.25) is 0 Å². The first kappa shape index (κ1) is 37.8. The van der Waals surface area contributed by atoms with Crippen molar-refractivity contribution in [3.05, 3.63) is 180 Å². The van der Waals surface area contributed by atoms with Gasteiger partial charge in [-0.25, -0.2) is 15.0 Å². The first-order chi connectivity index (χ1) is 27.6. The summed E-state index contributed by atoms with van der Waals surface area (Å²) in [6, 6.07) is 51.8. The maximum Gasteiger partial charge on any atom is 0.196 e. The summed E-state index contributed by atoms with van der Waals surface area (Å²) in [6.07, 6.45) is 1.12. The van der Waals surface area contributed by atoms with Gasteiger partial charge in [-0.1, -0.05) is 189 Å². The van der Waals surface area contributed by atoms with Crippen LogP contribution in [0.3, 0.4) is 0 Å². The standard InChI is InChI=1S/C52H52N5/c1-33(2)41-23-17-24-42(34(3)4)47(41)56-45-27-15-16-28-46(45)57(48-43(35(5)6)25-18-26-44(48)36(7)8)52(56)40-31-29-39(30-32-40)51-54-49(37-19-11-9-12-20-37)53-50(55-51)38-21-13-10-14-22-38/h9-36H,1-8H3. The molecule has 0 atom stereocenters. The lowest BCUT2D eigenvalue weighted by Gasteiger charge is -2.37. The third kappa shape index (κ3) is 7.12. The molecule has 0 saturated heterocycles. The van der Waals surface area contributed by atoms with Gasteiger partial charge in [0.15, 0.2) is 23.6 Å². The lowest BCUT2D eigenvalue weighted by Crippen LogP contribution is -2.33. The number of aromatic nitrogens is 3. The second-order valence-electron chi connectivity index (χ2n) is 16.3. The van der Waals surface area contributed by atoms with Gasteiger partial charge in [0.05, 0.1) is 22.7 Å². The SMILES string of the molecule is CC(C)c1cccc(C(C)C)c1N1[C](c2ccc(-c3nc(-c4ccccc4)nc(-c4ccccc4)n3)cc2)N(c2c(C(C)C)cccc2C(C)C)c2ccccc21. The minimum atomic E-state index is 0.319. The maximum absolute atomic E-state index is 5.06. The monoisotopic (exact) mass is 746 g/mol. The quantitative estimate of drug-likeness (QED) is 0.139. The molecule has 6 aromatic carbocycles. The molecule has 0 unspecified atom stereocenters. The predicted molar refractivity (Wildman–Crippen MR) is 238 cm³/mol. The van der Waals surface area contributed by atoms with E-state index in [0.29, 0.717) is 41.1 Å². The van der Waals surface area contributed by atoms with Crippen LogP contribution < -0.4 is 9.80 Å². The minimum absolute atomic E-state index is 0.319. The van der Waals surface area contributed by atoms with E-state index in [2.05, 4.69) is 174 Å². The molecule has 1 aliphatic rings. The van der Waals surface area contributed by atoms with E-state index >= 15 is 0 Å². The Labute approximate surface area is 339 Å². The molecular weight excluding hydrogens is 695 g/mol. The van der Waals surface area contributed by atoms with E-state index in [1.165, 1.54) is 45.0 Å². The van der Waals surface area contributed by atoms with Crippen LogP contribution in [0.5, 0.6) is 0 Å². The molecule has 0 fully saturated rings. The molecule has 0 N–H and O–H groups in total. The second kappa shape index (κ2) is 15.8. The summed E-state index contributed by atoms with van der Waals surface area (Å²) >= 11 is 0. The molecule has 1 aliphatic heterocycles. The van der Waals surface area contributed by atoms with Crippen molar-refractivity contribution >= 4 is 22.7 Å². The van der Waals surface area contributed by atoms with Gasteiger partial charge in [-0.15, -0.1) is 0 Å². The lowest BCUT2D eigenvalue weighted by atomic mass is 9.90. The van der Waals surface area contributed by atoms with Gasteiger partial charge >= 0.3 is 0 Å². The molecule has 0 amide bonds. The second-order valence-corrected chi connectivity index (χ2v) is 16.3. The van der Waals surface area contributed by atoms with Crippen LogP contribution in [-0.2, 0) is 0 Å². The van der Waals surface area contributed by atoms with Gasteiger partial charge in [0, 0.05) is 22.3 Å². The highest BCUT2D eigenvalue weighted by Crippen LogP contribution is 2.57. The van der Waals surface area contributed by atoms with E-state index in [4.69, 9.17) is 15.0 Å². The molecule has 285 valence electrons. The van der Waals surface area contributed by atoms with Gasteiger partial charge in [0.2, 0.25) is 0 Å². The van der Waals surface area contributed by atoms with E-state index in [-0.39, 0.29) is 0 Å². The molecular formula is C52H52N5. The molecule has 1 aromatic heterocycles. The largest absolute Gasteiger partial charge is 0.307 e. The first-order valence-corrected chi connectivity index (χ1v) is 20.4. The van der Waals surface area contributed by atoms with Gasteiger partial charge in [-0.05, 0) is 58.1 Å². The van der Waals surface area contributed by atoms with E-state index in [9.17, 15) is 0 Å². The molecule has 5 nitrogen and oxygen atoms in total. The first-order valence-electron chi connectivity index (χ1n) is 20.4. The lowest BCUT2D eigenvalue weighted by molar-refractivity contribution is 0.807. The van der Waals surface area contributed by atoms with E-state index in [1.807, 2.05) is 36.4 Å². The summed E-state index contributed by atoms with van der Waals surface area (Å²) in [5.41, 5.74) is 14.2. The summed E-state index contributed by atoms with van der Waals surface area (Å²) in [5, 5.41) is 0. The van der Waals surface area contributed by atoms with Crippen molar-refractivity contribution in [3.63, 3.8) is 0 Å². The minimum Gasteiger partial charge on any atom is -0.307 e. The fourth-order valence-electron chi connectivity index (χ4n) is 8.13. The number of benzene rings is 6. The number of fused-ring (bicyclic) bond motifs is 1. The summed E-state index contributed by atoms with van der Waals surface area (Å²) in [4.78, 5) is 20.2. The molecule has 0 bridgehead atoms. The van der Waals surface area contributed by atoms with Gasteiger partial charge in [0.1, 0.15) is 0 Å². The predicted octanol–water partition coefficient (Wildman–Crippen LogP) is 14.2. The number of nitrogens with zero attached hydrogens (tertiary/aromatic N) is 5. The number of rotatable bonds is 10. The molecule has 0 saturated carbocycles. The Bertz CT molecular complexity index is 2290. The van der Waals surface area contributed by atoms with Crippen LogP contribution in [0.15, 0.2) is 146 Å². The zero-order chi connectivity index (χ0) is 39.8. The Morgan fingerprint density at radius 1 is 0.316 bits per heavy atom. The third-order valence-corrected chi connectivity index (χ3v) is 11.0. The van der Waals surface area contributed by atoms with Crippen molar-refractivity contribution in [2.24, 2.45) is 0 Å². The van der Waals surface area contributed by atoms with Crippen molar-refractivity contribution in [3.8, 4) is 34.2 Å². The molecule has 2 heterocycles. The average Bonchev–Trinajstić information content (AvgIpc) is 3.58. The highest BCUT2D eigenvalue weighted by atomic mass is 15.4. The molecule has 5 heteroatoms. The molecule has 8 rings (SSSR count). The fraction of sp³-hybridized carbons (Fsp3) is 0.231. The summed E-state index contributed by atoms with van der Waals surface area (Å²) in [5.74, 6) is 3.22. The van der Waals surface area contributed by atoms with Crippen LogP contribution in [0.25, 0.3) is 34.2 Å². The topological polar surface area (TPSA) is 45.2 Å². The average molecular weight is 747 g/mol. The van der Waals surface area contributed by atoms with Crippen LogP contribution in [0.1, 0.15) is 107 Å². The van der Waals surface area contributed by atoms with Crippen molar-refractivity contribution in [1.29, 1.82) is 0 Å². The zero-order valence-corrected chi connectivity index (χ0v) is 34.4. The van der Waals surface area contributed by atoms with Crippen LogP contribution in [0, 0.1) is 6.17 Å². The van der Waals surface area contributed by atoms with Crippen molar-refractivity contribution in [2.75, 3.05) is 9.80 Å². The number of anilines is 4. The fourth-order valence-corrected chi connectivity index (χ4v) is 8.13. The normalized spacial score (nSPS) is 13.1. The Balaban J connectivity index is 1.36. The zero-order valence-electron chi connectivity index (χ0n) is 34.4. The van der Waals surface area contributed by atoms with E-state index in [1.54, 1.807) is 0 Å². The van der Waals surface area contributed by atoms with Crippen LogP contribution >= 0.6 is 0 Å². The van der Waals surface area contributed by atoms with Crippen molar-refractivity contribution < 1.29 is 0 Å². The van der Waals surface area contributed by atoms with E-state index < -0.39 is 0 Å². The van der Waals surface area contributed by atoms with Crippen molar-refractivity contribution in [2.45, 2.75) is 79.1 Å². The van der Waals surface area contributed by atoms with Gasteiger partial charge in [-0.2, -0.15) is 0 Å². The molecule has 0 aliphatic carbocycles. The third-order valence-electron chi connectivity index (χ3n) is 11.0. The Morgan fingerprint density at radius 2 is 0.614 bits per heavy atom. The maximum atomic E-state index is 5.06. The van der Waals surface area contributed by atoms with Crippen LogP contribution in [0.2, 0.25) is 0 Å². The Hall–Kier alpha value is -6.07. The Morgan fingerprint density at radius 3 is 0.947 bits per heavy atom.